The Morgan fingerprint density at radius 1 is 1.00 bits per heavy atom. The highest BCUT2D eigenvalue weighted by atomic mass is 32.1. The number of rotatable bonds is 2. The molecular formula is C16H16NOS+. The largest absolute Gasteiger partial charge is 0.374 e. The van der Waals surface area contributed by atoms with Crippen LogP contribution in [0.2, 0.25) is 0 Å². The third kappa shape index (κ3) is 1.95. The fraction of sp³-hybridized carbons (Fsp3) is 0.188. The van der Waals surface area contributed by atoms with Crippen LogP contribution in [0.3, 0.4) is 0 Å². The molecule has 0 aliphatic rings. The van der Waals surface area contributed by atoms with Crippen molar-refractivity contribution in [2.24, 2.45) is 7.05 Å². The van der Waals surface area contributed by atoms with Crippen molar-refractivity contribution in [1.82, 2.24) is 0 Å². The molecule has 1 unspecified atom stereocenters. The first-order chi connectivity index (χ1) is 9.10. The normalized spacial score (nSPS) is 14.5. The second-order valence-corrected chi connectivity index (χ2v) is 5.90. The molecule has 0 saturated heterocycles. The molecule has 0 radical (unpaired) electrons. The van der Waals surface area contributed by atoms with Crippen LogP contribution >= 0.6 is 11.3 Å². The van der Waals surface area contributed by atoms with Crippen molar-refractivity contribution in [2.45, 2.75) is 12.5 Å². The quantitative estimate of drug-likeness (QED) is 0.711. The molecular weight excluding hydrogens is 254 g/mol. The molecule has 96 valence electrons. The number of hydrogen-bond donors (Lipinski definition) is 1. The van der Waals surface area contributed by atoms with Crippen molar-refractivity contribution in [1.29, 1.82) is 0 Å². The number of thiazole rings is 1. The summed E-state index contributed by atoms with van der Waals surface area (Å²) in [6.45, 7) is 1.85. The Kier molecular flexibility index (Phi) is 2.88. The summed E-state index contributed by atoms with van der Waals surface area (Å²) in [4.78, 5) is 0. The lowest BCUT2D eigenvalue weighted by molar-refractivity contribution is -0.654. The maximum Gasteiger partial charge on any atom is 0.274 e. The van der Waals surface area contributed by atoms with Crippen LogP contribution in [0.25, 0.3) is 10.2 Å². The van der Waals surface area contributed by atoms with Gasteiger partial charge in [-0.2, -0.15) is 4.57 Å². The Morgan fingerprint density at radius 3 is 2.32 bits per heavy atom. The van der Waals surface area contributed by atoms with Crippen molar-refractivity contribution < 1.29 is 9.67 Å². The minimum atomic E-state index is -0.973. The van der Waals surface area contributed by atoms with Crippen LogP contribution in [0.15, 0.2) is 54.6 Å². The van der Waals surface area contributed by atoms with Gasteiger partial charge in [-0.15, -0.1) is 0 Å². The molecule has 0 bridgehead atoms. The second-order valence-electron chi connectivity index (χ2n) is 4.87. The molecule has 3 aromatic rings. The van der Waals surface area contributed by atoms with Gasteiger partial charge in [-0.25, -0.2) is 0 Å². The molecule has 1 atom stereocenters. The molecule has 3 rings (SSSR count). The standard InChI is InChI=1S/C16H16NOS/c1-16(18,12-8-4-3-5-9-12)15-17(2)13-10-6-7-11-14(13)19-15/h3-11,18H,1-2H3/q+1. The van der Waals surface area contributed by atoms with Crippen molar-refractivity contribution in [2.75, 3.05) is 0 Å². The zero-order valence-corrected chi connectivity index (χ0v) is 11.8. The third-order valence-electron chi connectivity index (χ3n) is 3.49. The van der Waals surface area contributed by atoms with E-state index in [1.807, 2.05) is 56.4 Å². The Balaban J connectivity index is 2.21. The molecule has 1 heterocycles. The summed E-state index contributed by atoms with van der Waals surface area (Å²) in [6.07, 6.45) is 0. The van der Waals surface area contributed by atoms with Crippen molar-refractivity contribution in [3.63, 3.8) is 0 Å². The van der Waals surface area contributed by atoms with Gasteiger partial charge in [-0.1, -0.05) is 53.8 Å². The smallest absolute Gasteiger partial charge is 0.274 e. The molecule has 19 heavy (non-hydrogen) atoms. The lowest BCUT2D eigenvalue weighted by atomic mass is 9.97. The van der Waals surface area contributed by atoms with Gasteiger partial charge in [-0.05, 0) is 18.6 Å². The fourth-order valence-corrected chi connectivity index (χ4v) is 3.63. The van der Waals surface area contributed by atoms with Gasteiger partial charge in [0.2, 0.25) is 5.52 Å². The number of benzene rings is 2. The summed E-state index contributed by atoms with van der Waals surface area (Å²) < 4.78 is 3.27. The molecule has 0 saturated carbocycles. The van der Waals surface area contributed by atoms with Crippen LogP contribution in [0.4, 0.5) is 0 Å². The van der Waals surface area contributed by atoms with Gasteiger partial charge in [0.25, 0.3) is 5.01 Å². The fourth-order valence-electron chi connectivity index (χ4n) is 2.41. The number of aliphatic hydroxyl groups is 1. The maximum absolute atomic E-state index is 10.9. The molecule has 0 fully saturated rings. The van der Waals surface area contributed by atoms with Crippen LogP contribution in [-0.4, -0.2) is 5.11 Å². The maximum atomic E-state index is 10.9. The van der Waals surface area contributed by atoms with E-state index in [2.05, 4.69) is 16.7 Å². The van der Waals surface area contributed by atoms with Gasteiger partial charge < -0.3 is 5.11 Å². The molecule has 2 aromatic carbocycles. The summed E-state index contributed by atoms with van der Waals surface area (Å²) in [5, 5.41) is 11.9. The molecule has 0 spiro atoms. The highest BCUT2D eigenvalue weighted by Gasteiger charge is 2.36. The Labute approximate surface area is 116 Å². The van der Waals surface area contributed by atoms with Gasteiger partial charge >= 0.3 is 0 Å². The Bertz CT molecular complexity index is 716. The average molecular weight is 270 g/mol. The highest BCUT2D eigenvalue weighted by Crippen LogP contribution is 2.33. The van der Waals surface area contributed by atoms with Crippen LogP contribution in [0, 0.1) is 0 Å². The summed E-state index contributed by atoms with van der Waals surface area (Å²) in [5.41, 5.74) is 1.09. The molecule has 3 heteroatoms. The molecule has 1 aromatic heterocycles. The Hall–Kier alpha value is -1.71. The van der Waals surface area contributed by atoms with E-state index in [0.717, 1.165) is 16.1 Å². The summed E-state index contributed by atoms with van der Waals surface area (Å²) in [5.74, 6) is 0. The van der Waals surface area contributed by atoms with Gasteiger partial charge in [0.1, 0.15) is 11.7 Å². The minimum absolute atomic E-state index is 0.914. The van der Waals surface area contributed by atoms with Crippen LogP contribution in [-0.2, 0) is 12.6 Å². The summed E-state index contributed by atoms with van der Waals surface area (Å²) in [7, 11) is 2.01. The molecule has 0 aliphatic heterocycles. The lowest BCUT2D eigenvalue weighted by Gasteiger charge is -2.18. The first kappa shape index (κ1) is 12.3. The van der Waals surface area contributed by atoms with Crippen molar-refractivity contribution in [3.8, 4) is 0 Å². The SMILES string of the molecule is C[n+]1c(C(C)(O)c2ccccc2)sc2ccccc21. The predicted octanol–water partition coefficient (Wildman–Crippen LogP) is 2.98. The summed E-state index contributed by atoms with van der Waals surface area (Å²) >= 11 is 1.64. The Morgan fingerprint density at radius 2 is 1.63 bits per heavy atom. The van der Waals surface area contributed by atoms with E-state index in [9.17, 15) is 5.11 Å². The first-order valence-corrected chi connectivity index (χ1v) is 7.08. The van der Waals surface area contributed by atoms with Gasteiger partial charge in [0, 0.05) is 6.07 Å². The van der Waals surface area contributed by atoms with Crippen molar-refractivity contribution in [3.05, 3.63) is 65.2 Å². The van der Waals surface area contributed by atoms with E-state index in [-0.39, 0.29) is 0 Å². The number of fused-ring (bicyclic) bond motifs is 1. The topological polar surface area (TPSA) is 24.1 Å². The average Bonchev–Trinajstić information content (AvgIpc) is 2.78. The van der Waals surface area contributed by atoms with E-state index >= 15 is 0 Å². The monoisotopic (exact) mass is 270 g/mol. The number of hydrogen-bond acceptors (Lipinski definition) is 2. The van der Waals surface area contributed by atoms with E-state index in [0.29, 0.717) is 0 Å². The van der Waals surface area contributed by atoms with Crippen LogP contribution < -0.4 is 4.57 Å². The van der Waals surface area contributed by atoms with E-state index in [1.54, 1.807) is 11.3 Å². The zero-order chi connectivity index (χ0) is 13.5. The van der Waals surface area contributed by atoms with Crippen LogP contribution in [0.1, 0.15) is 17.5 Å². The highest BCUT2D eigenvalue weighted by molar-refractivity contribution is 7.18. The van der Waals surface area contributed by atoms with Gasteiger partial charge in [-0.3, -0.25) is 0 Å². The van der Waals surface area contributed by atoms with Gasteiger partial charge in [0.05, 0.1) is 0 Å². The van der Waals surface area contributed by atoms with E-state index in [1.165, 1.54) is 4.70 Å². The van der Waals surface area contributed by atoms with Crippen molar-refractivity contribution >= 4 is 21.6 Å². The number of aryl methyl sites for hydroxylation is 1. The number of para-hydroxylation sites is 1. The van der Waals surface area contributed by atoms with Gasteiger partial charge in [0.15, 0.2) is 5.60 Å². The molecule has 1 N–H and O–H groups in total. The number of aromatic nitrogens is 1. The first-order valence-electron chi connectivity index (χ1n) is 6.26. The summed E-state index contributed by atoms with van der Waals surface area (Å²) in [6, 6.07) is 18.0. The van der Waals surface area contributed by atoms with Crippen LogP contribution in [0.5, 0.6) is 0 Å². The molecule has 0 amide bonds. The molecule has 2 nitrogen and oxygen atoms in total. The third-order valence-corrected chi connectivity index (χ3v) is 4.92. The predicted molar refractivity (Wildman–Crippen MR) is 78.1 cm³/mol. The van der Waals surface area contributed by atoms with E-state index < -0.39 is 5.60 Å². The lowest BCUT2D eigenvalue weighted by Crippen LogP contribution is -2.40. The van der Waals surface area contributed by atoms with E-state index in [4.69, 9.17) is 0 Å². The second kappa shape index (κ2) is 4.44. The number of nitrogens with zero attached hydrogens (tertiary/aromatic N) is 1. The zero-order valence-electron chi connectivity index (χ0n) is 11.0. The molecule has 0 aliphatic carbocycles. The minimum Gasteiger partial charge on any atom is -0.374 e.